The molecule has 0 saturated carbocycles. The predicted molar refractivity (Wildman–Crippen MR) is 117 cm³/mol. The minimum Gasteiger partial charge on any atom is -0.480 e. The number of benzene rings is 3. The van der Waals surface area contributed by atoms with E-state index in [1.165, 1.54) is 12.1 Å². The smallest absolute Gasteiger partial charge is 0.326 e. The zero-order valence-corrected chi connectivity index (χ0v) is 16.6. The second-order valence-corrected chi connectivity index (χ2v) is 6.71. The Morgan fingerprint density at radius 1 is 0.935 bits per heavy atom. The monoisotopic (exact) mass is 418 g/mol. The number of carbonyl (C=O) groups excluding carboxylic acids is 1. The first-order chi connectivity index (χ1) is 14.9. The van der Waals surface area contributed by atoms with E-state index in [9.17, 15) is 14.7 Å². The number of nitrogens with two attached hydrogens (primary N) is 2. The number of amides is 1. The van der Waals surface area contributed by atoms with Crippen molar-refractivity contribution in [2.45, 2.75) is 12.5 Å². The minimum absolute atomic E-state index is 0.0957. The maximum absolute atomic E-state index is 12.5. The summed E-state index contributed by atoms with van der Waals surface area (Å²) in [5, 5.41) is 12.1. The molecule has 0 aliphatic carbocycles. The van der Waals surface area contributed by atoms with E-state index in [2.05, 4.69) is 10.3 Å². The Bertz CT molecular complexity index is 1080. The van der Waals surface area contributed by atoms with E-state index >= 15 is 0 Å². The molecule has 0 aliphatic heterocycles. The standard InChI is InChI=1S/C23H22N4O4/c24-23(25)26-17-11-9-16(10-12-17)21(28)27-20(22(29)30)14-15-5-4-8-19(13-15)31-18-6-2-1-3-7-18/h1-13,20H,14H2,(H,27,28)(H,29,30)(H4,24,25,26)/t20-/m0/s1. The summed E-state index contributed by atoms with van der Waals surface area (Å²) in [4.78, 5) is 28.1. The lowest BCUT2D eigenvalue weighted by Crippen LogP contribution is -2.42. The lowest BCUT2D eigenvalue weighted by molar-refractivity contribution is -0.139. The predicted octanol–water partition coefficient (Wildman–Crippen LogP) is 2.81. The molecule has 1 amide bonds. The van der Waals surface area contributed by atoms with Gasteiger partial charge in [-0.1, -0.05) is 30.3 Å². The number of ether oxygens (including phenoxy) is 1. The van der Waals surface area contributed by atoms with Crippen LogP contribution in [0.4, 0.5) is 5.69 Å². The van der Waals surface area contributed by atoms with Crippen LogP contribution in [0.1, 0.15) is 15.9 Å². The van der Waals surface area contributed by atoms with Crippen LogP contribution >= 0.6 is 0 Å². The SMILES string of the molecule is NC(N)=Nc1ccc(C(=O)N[C@@H](Cc2cccc(Oc3ccccc3)c2)C(=O)O)cc1. The molecule has 3 aromatic carbocycles. The number of carboxylic acid groups (broad SMARTS) is 1. The van der Waals surface area contributed by atoms with Crippen LogP contribution in [-0.4, -0.2) is 29.0 Å². The van der Waals surface area contributed by atoms with Crippen molar-refractivity contribution in [2.24, 2.45) is 16.5 Å². The summed E-state index contributed by atoms with van der Waals surface area (Å²) in [6.07, 6.45) is 0.0964. The molecule has 158 valence electrons. The van der Waals surface area contributed by atoms with Gasteiger partial charge in [-0.05, 0) is 54.1 Å². The van der Waals surface area contributed by atoms with Gasteiger partial charge in [-0.15, -0.1) is 0 Å². The van der Waals surface area contributed by atoms with Crippen LogP contribution in [0.5, 0.6) is 11.5 Å². The van der Waals surface area contributed by atoms with Gasteiger partial charge in [0.2, 0.25) is 0 Å². The molecule has 31 heavy (non-hydrogen) atoms. The number of nitrogens with zero attached hydrogens (tertiary/aromatic N) is 1. The van der Waals surface area contributed by atoms with Crippen LogP contribution in [-0.2, 0) is 11.2 Å². The number of hydrogen-bond donors (Lipinski definition) is 4. The number of guanidine groups is 1. The van der Waals surface area contributed by atoms with Crippen molar-refractivity contribution in [3.63, 3.8) is 0 Å². The molecule has 3 aromatic rings. The second-order valence-electron chi connectivity index (χ2n) is 6.71. The van der Waals surface area contributed by atoms with Gasteiger partial charge in [0.05, 0.1) is 5.69 Å². The zero-order valence-electron chi connectivity index (χ0n) is 16.6. The normalized spacial score (nSPS) is 11.2. The molecule has 8 heteroatoms. The third-order valence-electron chi connectivity index (χ3n) is 4.31. The Balaban J connectivity index is 1.68. The van der Waals surface area contributed by atoms with E-state index in [-0.39, 0.29) is 12.4 Å². The summed E-state index contributed by atoms with van der Waals surface area (Å²) < 4.78 is 5.79. The van der Waals surface area contributed by atoms with Gasteiger partial charge >= 0.3 is 5.97 Å². The minimum atomic E-state index is -1.14. The fraction of sp³-hybridized carbons (Fsp3) is 0.0870. The van der Waals surface area contributed by atoms with Gasteiger partial charge in [0.1, 0.15) is 17.5 Å². The molecule has 0 fully saturated rings. The Morgan fingerprint density at radius 3 is 2.26 bits per heavy atom. The van der Waals surface area contributed by atoms with E-state index in [1.54, 1.807) is 36.4 Å². The molecule has 0 radical (unpaired) electrons. The molecule has 3 rings (SSSR count). The summed E-state index contributed by atoms with van der Waals surface area (Å²) >= 11 is 0. The largest absolute Gasteiger partial charge is 0.480 e. The quantitative estimate of drug-likeness (QED) is 0.328. The maximum Gasteiger partial charge on any atom is 0.326 e. The van der Waals surface area contributed by atoms with Crippen molar-refractivity contribution in [3.8, 4) is 11.5 Å². The maximum atomic E-state index is 12.5. The van der Waals surface area contributed by atoms with Crippen molar-refractivity contribution in [3.05, 3.63) is 90.0 Å². The average molecular weight is 418 g/mol. The zero-order chi connectivity index (χ0) is 22.2. The third kappa shape index (κ3) is 6.33. The molecule has 0 unspecified atom stereocenters. The first-order valence-corrected chi connectivity index (χ1v) is 9.46. The average Bonchev–Trinajstić information content (AvgIpc) is 2.74. The Kier molecular flexibility index (Phi) is 6.85. The molecule has 0 aliphatic rings. The number of para-hydroxylation sites is 1. The third-order valence-corrected chi connectivity index (χ3v) is 4.31. The molecule has 6 N–H and O–H groups in total. The van der Waals surface area contributed by atoms with E-state index in [0.29, 0.717) is 28.3 Å². The number of aliphatic imine (C=N–C) groups is 1. The first-order valence-electron chi connectivity index (χ1n) is 9.46. The summed E-state index contributed by atoms with van der Waals surface area (Å²) in [7, 11) is 0. The van der Waals surface area contributed by atoms with Crippen LogP contribution in [0.3, 0.4) is 0 Å². The Hall–Kier alpha value is -4.33. The van der Waals surface area contributed by atoms with E-state index in [4.69, 9.17) is 16.2 Å². The van der Waals surface area contributed by atoms with Crippen molar-refractivity contribution in [2.75, 3.05) is 0 Å². The second kappa shape index (κ2) is 9.93. The highest BCUT2D eigenvalue weighted by atomic mass is 16.5. The number of rotatable bonds is 8. The van der Waals surface area contributed by atoms with Gasteiger partial charge in [0.15, 0.2) is 5.96 Å². The summed E-state index contributed by atoms with van der Waals surface area (Å²) in [6.45, 7) is 0. The van der Waals surface area contributed by atoms with Crippen LogP contribution in [0.2, 0.25) is 0 Å². The number of carboxylic acids is 1. The van der Waals surface area contributed by atoms with E-state index in [0.717, 1.165) is 0 Å². The Morgan fingerprint density at radius 2 is 1.61 bits per heavy atom. The highest BCUT2D eigenvalue weighted by Crippen LogP contribution is 2.22. The summed E-state index contributed by atoms with van der Waals surface area (Å²) in [5.74, 6) is -0.497. The lowest BCUT2D eigenvalue weighted by atomic mass is 10.0. The first kappa shape index (κ1) is 21.4. The summed E-state index contributed by atoms with van der Waals surface area (Å²) in [6, 6.07) is 21.4. The van der Waals surface area contributed by atoms with Crippen molar-refractivity contribution < 1.29 is 19.4 Å². The molecule has 0 bridgehead atoms. The van der Waals surface area contributed by atoms with Crippen LogP contribution in [0.15, 0.2) is 83.9 Å². The van der Waals surface area contributed by atoms with Gasteiger partial charge < -0.3 is 26.6 Å². The summed E-state index contributed by atoms with van der Waals surface area (Å²) in [5.41, 5.74) is 12.1. The number of aliphatic carboxylic acids is 1. The molecule has 0 spiro atoms. The fourth-order valence-electron chi connectivity index (χ4n) is 2.87. The molecule has 0 heterocycles. The number of carbonyl (C=O) groups is 2. The lowest BCUT2D eigenvalue weighted by Gasteiger charge is -2.15. The topological polar surface area (TPSA) is 140 Å². The molecular weight excluding hydrogens is 396 g/mol. The van der Waals surface area contributed by atoms with Crippen LogP contribution < -0.4 is 21.5 Å². The van der Waals surface area contributed by atoms with Crippen LogP contribution in [0, 0.1) is 0 Å². The van der Waals surface area contributed by atoms with Gasteiger partial charge in [-0.2, -0.15) is 0 Å². The molecule has 1 atom stereocenters. The fourth-order valence-corrected chi connectivity index (χ4v) is 2.87. The van der Waals surface area contributed by atoms with Crippen molar-refractivity contribution in [1.82, 2.24) is 5.32 Å². The van der Waals surface area contributed by atoms with Gasteiger partial charge in [-0.3, -0.25) is 4.79 Å². The highest BCUT2D eigenvalue weighted by Gasteiger charge is 2.21. The van der Waals surface area contributed by atoms with Gasteiger partial charge in [0, 0.05) is 12.0 Å². The van der Waals surface area contributed by atoms with E-state index in [1.807, 2.05) is 30.3 Å². The number of hydrogen-bond acceptors (Lipinski definition) is 4. The molecular formula is C23H22N4O4. The van der Waals surface area contributed by atoms with Crippen molar-refractivity contribution in [1.29, 1.82) is 0 Å². The van der Waals surface area contributed by atoms with Crippen LogP contribution in [0.25, 0.3) is 0 Å². The molecule has 0 saturated heterocycles. The highest BCUT2D eigenvalue weighted by molar-refractivity contribution is 5.97. The molecule has 0 aromatic heterocycles. The van der Waals surface area contributed by atoms with E-state index < -0.39 is 17.9 Å². The Labute approximate surface area is 179 Å². The van der Waals surface area contributed by atoms with Gasteiger partial charge in [0.25, 0.3) is 5.91 Å². The molecule has 8 nitrogen and oxygen atoms in total. The number of nitrogens with one attached hydrogen (secondary N) is 1. The van der Waals surface area contributed by atoms with Crippen molar-refractivity contribution >= 4 is 23.5 Å². The van der Waals surface area contributed by atoms with Gasteiger partial charge in [-0.25, -0.2) is 9.79 Å².